The van der Waals surface area contributed by atoms with Crippen molar-refractivity contribution >= 4 is 41.2 Å². The number of carbonyl (C=O) groups is 3. The van der Waals surface area contributed by atoms with Gasteiger partial charge in [0, 0.05) is 17.3 Å². The molecule has 0 aromatic heterocycles. The zero-order chi connectivity index (χ0) is 22.6. The average Bonchev–Trinajstić information content (AvgIpc) is 2.76. The van der Waals surface area contributed by atoms with Crippen molar-refractivity contribution in [3.05, 3.63) is 65.7 Å². The molecule has 10 heteroatoms. The lowest BCUT2D eigenvalue weighted by molar-refractivity contribution is -0.139. The third kappa shape index (κ3) is 7.82. The van der Waals surface area contributed by atoms with E-state index in [0.717, 1.165) is 0 Å². The summed E-state index contributed by atoms with van der Waals surface area (Å²) >= 11 is 5.89. The number of carbonyl (C=O) groups excluding carboxylic acids is 3. The summed E-state index contributed by atoms with van der Waals surface area (Å²) in [5.41, 5.74) is 3.23. The number of hydrogen-bond acceptors (Lipinski definition) is 6. The van der Waals surface area contributed by atoms with Gasteiger partial charge in [0.2, 0.25) is 0 Å². The van der Waals surface area contributed by atoms with Gasteiger partial charge in [0.25, 0.3) is 5.91 Å². The molecule has 0 unspecified atom stereocenters. The number of ether oxygens (including phenoxy) is 2. The first-order chi connectivity index (χ1) is 14.9. The van der Waals surface area contributed by atoms with E-state index in [-0.39, 0.29) is 19.1 Å². The summed E-state index contributed by atoms with van der Waals surface area (Å²) in [6, 6.07) is 11.6. The normalized spacial score (nSPS) is 10.3. The van der Waals surface area contributed by atoms with Gasteiger partial charge in [-0.05, 0) is 42.0 Å². The van der Waals surface area contributed by atoms with E-state index in [9.17, 15) is 14.4 Å². The number of benzene rings is 2. The molecule has 0 aliphatic rings. The number of hydrazone groups is 1. The van der Waals surface area contributed by atoms with E-state index in [1.807, 2.05) is 0 Å². The molecule has 2 aromatic carbocycles. The van der Waals surface area contributed by atoms with Crippen LogP contribution < -0.4 is 25.5 Å². The number of amides is 3. The Morgan fingerprint density at radius 2 is 1.94 bits per heavy atom. The van der Waals surface area contributed by atoms with Crippen LogP contribution in [0.5, 0.6) is 11.5 Å². The van der Waals surface area contributed by atoms with Crippen LogP contribution in [0.1, 0.15) is 5.56 Å². The lowest BCUT2D eigenvalue weighted by Crippen LogP contribution is -2.37. The summed E-state index contributed by atoms with van der Waals surface area (Å²) in [6.07, 6.45) is 2.78. The van der Waals surface area contributed by atoms with Gasteiger partial charge in [0.1, 0.15) is 0 Å². The highest BCUT2D eigenvalue weighted by Gasteiger charge is 2.11. The van der Waals surface area contributed by atoms with Crippen molar-refractivity contribution in [1.29, 1.82) is 0 Å². The molecule has 3 amide bonds. The lowest BCUT2D eigenvalue weighted by Gasteiger charge is -2.11. The molecule has 0 bridgehead atoms. The van der Waals surface area contributed by atoms with E-state index < -0.39 is 11.8 Å². The topological polar surface area (TPSA) is 118 Å². The van der Waals surface area contributed by atoms with Gasteiger partial charge in [-0.2, -0.15) is 5.10 Å². The van der Waals surface area contributed by atoms with Crippen molar-refractivity contribution in [2.45, 2.75) is 0 Å². The van der Waals surface area contributed by atoms with Crippen LogP contribution in [0.4, 0.5) is 5.69 Å². The Labute approximate surface area is 184 Å². The predicted molar refractivity (Wildman–Crippen MR) is 118 cm³/mol. The summed E-state index contributed by atoms with van der Waals surface area (Å²) < 4.78 is 10.8. The predicted octanol–water partition coefficient (Wildman–Crippen LogP) is 2.12. The number of halogens is 1. The zero-order valence-electron chi connectivity index (χ0n) is 16.7. The summed E-state index contributed by atoms with van der Waals surface area (Å²) in [4.78, 5) is 35.1. The summed E-state index contributed by atoms with van der Waals surface area (Å²) in [6.45, 7) is 3.37. The van der Waals surface area contributed by atoms with E-state index in [1.54, 1.807) is 42.5 Å². The number of hydrogen-bond donors (Lipinski definition) is 3. The molecule has 0 saturated heterocycles. The first-order valence-electron chi connectivity index (χ1n) is 9.01. The Morgan fingerprint density at radius 1 is 1.13 bits per heavy atom. The highest BCUT2D eigenvalue weighted by Crippen LogP contribution is 2.27. The minimum absolute atomic E-state index is 0.172. The standard InChI is InChI=1S/C21H21ClN4O5/c1-3-9-23-20(28)21(29)26-24-12-14-7-8-17(18(10-14)30-2)31-13-19(27)25-16-6-4-5-15(22)11-16/h3-8,10-12H,1,9,13H2,2H3,(H,23,28)(H,25,27)(H,26,29)/b24-12-. The van der Waals surface area contributed by atoms with Crippen LogP contribution in [-0.4, -0.2) is 44.2 Å². The van der Waals surface area contributed by atoms with Crippen molar-refractivity contribution in [3.63, 3.8) is 0 Å². The molecule has 162 valence electrons. The zero-order valence-corrected chi connectivity index (χ0v) is 17.4. The third-order valence-corrected chi connectivity index (χ3v) is 3.88. The van der Waals surface area contributed by atoms with Crippen LogP contribution in [0, 0.1) is 0 Å². The highest BCUT2D eigenvalue weighted by molar-refractivity contribution is 6.35. The second kappa shape index (κ2) is 12.0. The van der Waals surface area contributed by atoms with Gasteiger partial charge >= 0.3 is 11.8 Å². The van der Waals surface area contributed by atoms with Crippen LogP contribution in [-0.2, 0) is 14.4 Å². The maximum Gasteiger partial charge on any atom is 0.329 e. The van der Waals surface area contributed by atoms with Crippen molar-refractivity contribution in [3.8, 4) is 11.5 Å². The van der Waals surface area contributed by atoms with Gasteiger partial charge in [-0.25, -0.2) is 5.43 Å². The van der Waals surface area contributed by atoms with E-state index in [1.165, 1.54) is 19.4 Å². The molecule has 31 heavy (non-hydrogen) atoms. The molecule has 3 N–H and O–H groups in total. The molecule has 0 fully saturated rings. The fourth-order valence-corrected chi connectivity index (χ4v) is 2.44. The van der Waals surface area contributed by atoms with Gasteiger partial charge in [0.05, 0.1) is 13.3 Å². The van der Waals surface area contributed by atoms with Crippen LogP contribution in [0.15, 0.2) is 60.2 Å². The Bertz CT molecular complexity index is 993. The Hall–Kier alpha value is -3.85. The van der Waals surface area contributed by atoms with Crippen molar-refractivity contribution < 1.29 is 23.9 Å². The molecule has 2 rings (SSSR count). The summed E-state index contributed by atoms with van der Waals surface area (Å²) in [5, 5.41) is 9.23. The molecule has 0 saturated carbocycles. The quantitative estimate of drug-likeness (QED) is 0.237. The summed E-state index contributed by atoms with van der Waals surface area (Å²) in [7, 11) is 1.45. The van der Waals surface area contributed by atoms with Crippen LogP contribution in [0.3, 0.4) is 0 Å². The average molecular weight is 445 g/mol. The van der Waals surface area contributed by atoms with E-state index in [4.69, 9.17) is 21.1 Å². The second-order valence-electron chi connectivity index (χ2n) is 5.96. The third-order valence-electron chi connectivity index (χ3n) is 3.65. The maximum atomic E-state index is 12.1. The minimum atomic E-state index is -0.907. The van der Waals surface area contributed by atoms with Gasteiger partial charge in [-0.15, -0.1) is 6.58 Å². The second-order valence-corrected chi connectivity index (χ2v) is 6.39. The van der Waals surface area contributed by atoms with Gasteiger partial charge in [0.15, 0.2) is 18.1 Å². The SMILES string of the molecule is C=CCNC(=O)C(=O)N/N=C\c1ccc(OCC(=O)Nc2cccc(Cl)c2)c(OC)c1. The number of nitrogens with zero attached hydrogens (tertiary/aromatic N) is 1. The Morgan fingerprint density at radius 3 is 2.65 bits per heavy atom. The molecule has 0 heterocycles. The first-order valence-corrected chi connectivity index (χ1v) is 9.39. The van der Waals surface area contributed by atoms with E-state index in [0.29, 0.717) is 27.8 Å². The molecule has 0 aliphatic carbocycles. The monoisotopic (exact) mass is 444 g/mol. The Kier molecular flexibility index (Phi) is 9.06. The molecule has 2 aromatic rings. The lowest BCUT2D eigenvalue weighted by atomic mass is 10.2. The molecule has 0 aliphatic heterocycles. The Balaban J connectivity index is 1.91. The van der Waals surface area contributed by atoms with Gasteiger partial charge in [-0.3, -0.25) is 14.4 Å². The first kappa shape index (κ1) is 23.4. The van der Waals surface area contributed by atoms with Crippen LogP contribution in [0.25, 0.3) is 0 Å². The van der Waals surface area contributed by atoms with Crippen molar-refractivity contribution in [2.75, 3.05) is 25.6 Å². The minimum Gasteiger partial charge on any atom is -0.493 e. The number of methoxy groups -OCH3 is 1. The molecule has 9 nitrogen and oxygen atoms in total. The number of rotatable bonds is 9. The molecule has 0 spiro atoms. The fourth-order valence-electron chi connectivity index (χ4n) is 2.25. The van der Waals surface area contributed by atoms with Gasteiger partial charge in [-0.1, -0.05) is 23.7 Å². The van der Waals surface area contributed by atoms with Crippen LogP contribution >= 0.6 is 11.6 Å². The molecule has 0 radical (unpaired) electrons. The molecule has 0 atom stereocenters. The largest absolute Gasteiger partial charge is 0.493 e. The number of nitrogens with one attached hydrogen (secondary N) is 3. The van der Waals surface area contributed by atoms with Crippen LogP contribution in [0.2, 0.25) is 5.02 Å². The molecular formula is C21H21ClN4O5. The highest BCUT2D eigenvalue weighted by atomic mass is 35.5. The van der Waals surface area contributed by atoms with E-state index in [2.05, 4.69) is 27.7 Å². The van der Waals surface area contributed by atoms with Crippen molar-refractivity contribution in [2.24, 2.45) is 5.10 Å². The molecular weight excluding hydrogens is 424 g/mol. The number of anilines is 1. The van der Waals surface area contributed by atoms with E-state index >= 15 is 0 Å². The van der Waals surface area contributed by atoms with Crippen molar-refractivity contribution in [1.82, 2.24) is 10.7 Å². The maximum absolute atomic E-state index is 12.1. The van der Waals surface area contributed by atoms with Gasteiger partial charge < -0.3 is 20.1 Å². The summed E-state index contributed by atoms with van der Waals surface area (Å²) in [5.74, 6) is -1.40. The fraction of sp³-hybridized carbons (Fsp3) is 0.143. The smallest absolute Gasteiger partial charge is 0.329 e.